The van der Waals surface area contributed by atoms with Crippen molar-refractivity contribution in [3.05, 3.63) is 63.4 Å². The molecule has 0 radical (unpaired) electrons. The van der Waals surface area contributed by atoms with Crippen molar-refractivity contribution < 1.29 is 41.7 Å². The molecule has 0 spiro atoms. The van der Waals surface area contributed by atoms with E-state index in [9.17, 15) is 24.5 Å². The minimum Gasteiger partial charge on any atom is -0.480 e. The minimum atomic E-state index is -5.01. The Balaban J connectivity index is 2.58. The number of hydrogen-bond acceptors (Lipinski definition) is 6. The summed E-state index contributed by atoms with van der Waals surface area (Å²) >= 11 is 11.7. The number of rotatable bonds is 6. The van der Waals surface area contributed by atoms with Crippen LogP contribution in [0.15, 0.2) is 30.5 Å². The largest absolute Gasteiger partial charge is 0.480 e. The number of hydrogen-bond donors (Lipinski definition) is 1. The van der Waals surface area contributed by atoms with Gasteiger partial charge in [0.1, 0.15) is 23.1 Å². The van der Waals surface area contributed by atoms with Crippen LogP contribution in [0.3, 0.4) is 0 Å². The summed E-state index contributed by atoms with van der Waals surface area (Å²) < 4.78 is 74.9. The number of nitriles is 1. The normalized spacial score (nSPS) is 24.2. The van der Waals surface area contributed by atoms with Crippen LogP contribution in [0, 0.1) is 28.4 Å². The number of benzene rings is 1. The lowest BCUT2D eigenvalue weighted by Gasteiger charge is -2.39. The third-order valence-corrected chi connectivity index (χ3v) is 6.87. The van der Waals surface area contributed by atoms with E-state index in [-0.39, 0.29) is 9.92 Å². The minimum absolute atomic E-state index is 0.242. The molecule has 1 aliphatic heterocycles. The van der Waals surface area contributed by atoms with Gasteiger partial charge in [0.25, 0.3) is 0 Å². The number of carbonyl (C=O) groups excluding carboxylic acids is 1. The number of pyridine rings is 1. The summed E-state index contributed by atoms with van der Waals surface area (Å²) in [5.41, 5.74) is -5.17. The molecule has 14 heteroatoms. The molecule has 1 aromatic heterocycles. The highest BCUT2D eigenvalue weighted by atomic mass is 35.5. The number of aromatic nitrogens is 1. The van der Waals surface area contributed by atoms with Gasteiger partial charge in [0, 0.05) is 22.7 Å². The highest BCUT2D eigenvalue weighted by molar-refractivity contribution is 6.31. The van der Waals surface area contributed by atoms with E-state index in [1.165, 1.54) is 26.8 Å². The van der Waals surface area contributed by atoms with Gasteiger partial charge in [0.05, 0.1) is 21.8 Å². The van der Waals surface area contributed by atoms with Crippen molar-refractivity contribution in [3.8, 4) is 6.07 Å². The molecule has 1 N–H and O–H groups in total. The standard InChI is InChI=1S/C24H20Cl2F5N3O4/c1-22(2,3)8-15-23(10-32,19-14(27)7-11(25)9-33-19)16(12-5-4-6-13(26)17(12)28)18(20(35)36)34(15)24(29,30)21(37)38-31/h4-7,9,15-16,18H,8H2,1-3H3,(H,35,36)/t15-,16-,18+,23-/m0/s1. The van der Waals surface area contributed by atoms with Gasteiger partial charge in [-0.2, -0.15) is 14.0 Å². The number of nitrogens with zero attached hydrogens (tertiary/aromatic N) is 3. The molecule has 0 bridgehead atoms. The molecule has 1 aromatic carbocycles. The van der Waals surface area contributed by atoms with Crippen LogP contribution in [0.1, 0.15) is 44.4 Å². The zero-order chi connectivity index (χ0) is 28.8. The Bertz CT molecular complexity index is 1320. The monoisotopic (exact) mass is 579 g/mol. The first-order valence-corrected chi connectivity index (χ1v) is 11.7. The molecule has 0 unspecified atom stereocenters. The van der Waals surface area contributed by atoms with Crippen molar-refractivity contribution in [2.45, 2.75) is 56.7 Å². The summed E-state index contributed by atoms with van der Waals surface area (Å²) in [6.07, 6.45) is 0.396. The maximum absolute atomic E-state index is 15.6. The maximum Gasteiger partial charge on any atom is 0.434 e. The quantitative estimate of drug-likeness (QED) is 0.340. The third-order valence-electron chi connectivity index (χ3n) is 6.37. The molecular weight excluding hydrogens is 560 g/mol. The highest BCUT2D eigenvalue weighted by Crippen LogP contribution is 2.58. The fourth-order valence-corrected chi connectivity index (χ4v) is 5.38. The van der Waals surface area contributed by atoms with Gasteiger partial charge in [-0.25, -0.2) is 23.4 Å². The van der Waals surface area contributed by atoms with Gasteiger partial charge in [0.2, 0.25) is 0 Å². The fourth-order valence-electron chi connectivity index (χ4n) is 5.05. The number of aliphatic carboxylic acids is 1. The van der Waals surface area contributed by atoms with Crippen molar-refractivity contribution in [1.82, 2.24) is 9.88 Å². The van der Waals surface area contributed by atoms with Gasteiger partial charge in [-0.3, -0.25) is 9.78 Å². The van der Waals surface area contributed by atoms with Gasteiger partial charge in [0.15, 0.2) is 0 Å². The Labute approximate surface area is 223 Å². The Morgan fingerprint density at radius 1 is 1.26 bits per heavy atom. The first-order chi connectivity index (χ1) is 17.5. The molecule has 2 aromatic rings. The van der Waals surface area contributed by atoms with Gasteiger partial charge in [-0.1, -0.05) is 56.1 Å². The topological polar surface area (TPSA) is 104 Å². The summed E-state index contributed by atoms with van der Waals surface area (Å²) in [6.45, 7) is 4.61. The summed E-state index contributed by atoms with van der Waals surface area (Å²) in [5.74, 6) is -9.53. The predicted molar refractivity (Wildman–Crippen MR) is 124 cm³/mol. The van der Waals surface area contributed by atoms with Crippen LogP contribution in [0.4, 0.5) is 22.1 Å². The smallest absolute Gasteiger partial charge is 0.434 e. The van der Waals surface area contributed by atoms with E-state index in [2.05, 4.69) is 9.93 Å². The predicted octanol–water partition coefficient (Wildman–Crippen LogP) is 5.81. The third kappa shape index (κ3) is 4.79. The Morgan fingerprint density at radius 2 is 1.89 bits per heavy atom. The van der Waals surface area contributed by atoms with E-state index in [1.54, 1.807) is 6.07 Å². The van der Waals surface area contributed by atoms with Crippen molar-refractivity contribution in [2.75, 3.05) is 0 Å². The van der Waals surface area contributed by atoms with Gasteiger partial charge in [-0.05, 0) is 29.5 Å². The summed E-state index contributed by atoms with van der Waals surface area (Å²) in [7, 11) is 0. The molecule has 1 saturated heterocycles. The van der Waals surface area contributed by atoms with Crippen LogP contribution in [-0.4, -0.2) is 45.1 Å². The molecule has 204 valence electrons. The number of halogens is 7. The Morgan fingerprint density at radius 3 is 2.39 bits per heavy atom. The molecular formula is C24H20Cl2F5N3O4. The van der Waals surface area contributed by atoms with Crippen LogP contribution >= 0.6 is 23.2 Å². The van der Waals surface area contributed by atoms with Crippen LogP contribution in [0.5, 0.6) is 0 Å². The van der Waals surface area contributed by atoms with Crippen LogP contribution in [0.25, 0.3) is 0 Å². The van der Waals surface area contributed by atoms with E-state index >= 15 is 17.6 Å². The molecule has 38 heavy (non-hydrogen) atoms. The van der Waals surface area contributed by atoms with Crippen molar-refractivity contribution in [3.63, 3.8) is 0 Å². The molecule has 7 nitrogen and oxygen atoms in total. The van der Waals surface area contributed by atoms with E-state index in [4.69, 9.17) is 23.2 Å². The van der Waals surface area contributed by atoms with Crippen LogP contribution in [0.2, 0.25) is 10.0 Å². The van der Waals surface area contributed by atoms with Crippen molar-refractivity contribution >= 4 is 35.1 Å². The van der Waals surface area contributed by atoms with Crippen molar-refractivity contribution in [1.29, 1.82) is 5.26 Å². The number of carboxylic acids is 1. The molecule has 1 aliphatic rings. The molecule has 2 heterocycles. The van der Waals surface area contributed by atoms with Gasteiger partial charge >= 0.3 is 18.0 Å². The lowest BCUT2D eigenvalue weighted by molar-refractivity contribution is -0.245. The molecule has 0 amide bonds. The maximum atomic E-state index is 15.6. The average Bonchev–Trinajstić information content (AvgIpc) is 3.10. The number of carbonyl (C=O) groups is 2. The first kappa shape index (κ1) is 29.5. The number of likely N-dealkylation sites (tertiary alicyclic amines) is 1. The fraction of sp³-hybridized carbons (Fsp3) is 0.417. The molecule has 0 saturated carbocycles. The van der Waals surface area contributed by atoms with E-state index in [1.807, 2.05) is 0 Å². The van der Waals surface area contributed by atoms with E-state index < -0.39 is 81.2 Å². The number of carboxylic acid groups (broad SMARTS) is 1. The molecule has 0 aliphatic carbocycles. The summed E-state index contributed by atoms with van der Waals surface area (Å²) in [4.78, 5) is 30.9. The SMILES string of the molecule is CC(C)(C)C[C@@H]1N(C(F)(F)C(=O)OF)[C@@H](C(=O)O)[C@H](c2cccc(Cl)c2F)[C@@]1(C#N)c1ncc(Cl)cc1F. The summed E-state index contributed by atoms with van der Waals surface area (Å²) in [6, 6.07) is -3.98. The molecule has 1 fully saturated rings. The zero-order valence-corrected chi connectivity index (χ0v) is 21.5. The summed E-state index contributed by atoms with van der Waals surface area (Å²) in [5, 5.41) is 20.0. The zero-order valence-electron chi connectivity index (χ0n) is 20.0. The second kappa shape index (κ2) is 10.3. The molecule has 4 atom stereocenters. The Hall–Kier alpha value is -3.01. The van der Waals surface area contributed by atoms with Crippen LogP contribution in [-0.2, 0) is 19.9 Å². The lowest BCUT2D eigenvalue weighted by atomic mass is 9.64. The second-order valence-corrected chi connectivity index (χ2v) is 10.8. The molecule has 3 rings (SSSR count). The van der Waals surface area contributed by atoms with E-state index in [0.717, 1.165) is 24.4 Å². The highest BCUT2D eigenvalue weighted by Gasteiger charge is 2.72. The lowest BCUT2D eigenvalue weighted by Crippen LogP contribution is -2.58. The average molecular weight is 580 g/mol. The van der Waals surface area contributed by atoms with Gasteiger partial charge < -0.3 is 5.11 Å². The number of alkyl halides is 2. The first-order valence-electron chi connectivity index (χ1n) is 10.9. The van der Waals surface area contributed by atoms with Crippen molar-refractivity contribution in [2.24, 2.45) is 5.41 Å². The Kier molecular flexibility index (Phi) is 7.99. The second-order valence-electron chi connectivity index (χ2n) is 9.96. The van der Waals surface area contributed by atoms with E-state index in [0.29, 0.717) is 0 Å². The van der Waals surface area contributed by atoms with Crippen LogP contribution < -0.4 is 0 Å². The van der Waals surface area contributed by atoms with Gasteiger partial charge in [-0.15, -0.1) is 0 Å².